The minimum Gasteiger partial charge on any atom is -0.493 e. The Hall–Kier alpha value is -4.04. The zero-order chi connectivity index (χ0) is 28.3. The molecule has 1 aliphatic carbocycles. The molecule has 9 nitrogen and oxygen atoms in total. The molecule has 39 heavy (non-hydrogen) atoms. The van der Waals surface area contributed by atoms with Crippen LogP contribution in [0.5, 0.6) is 5.75 Å². The molecule has 2 fully saturated rings. The summed E-state index contributed by atoms with van der Waals surface area (Å²) in [6, 6.07) is 3.69. The Bertz CT molecular complexity index is 1460. The van der Waals surface area contributed by atoms with Crippen LogP contribution in [0.2, 0.25) is 0 Å². The number of fused-ring (bicyclic) bond motifs is 1. The SMILES string of the molecule is CCOc1ccc(-c2cc(C(F)(F)F)c3c(N)ncnn23)cc1C(=O)N[C@@H]1CN(C(=O)C2CC2(F)F)C[C@@H]1F. The first-order valence-corrected chi connectivity index (χ1v) is 11.9. The number of hydrogen-bond donors (Lipinski definition) is 2. The number of nitrogens with zero attached hydrogens (tertiary/aromatic N) is 4. The van der Waals surface area contributed by atoms with Crippen molar-refractivity contribution in [3.8, 4) is 17.0 Å². The van der Waals surface area contributed by atoms with Crippen molar-refractivity contribution in [2.24, 2.45) is 5.92 Å². The summed E-state index contributed by atoms with van der Waals surface area (Å²) in [6.07, 6.45) is -6.10. The second-order valence-electron chi connectivity index (χ2n) is 9.35. The first-order valence-electron chi connectivity index (χ1n) is 11.9. The molecule has 3 N–H and O–H groups in total. The van der Waals surface area contributed by atoms with Crippen LogP contribution >= 0.6 is 0 Å². The highest BCUT2D eigenvalue weighted by Crippen LogP contribution is 2.50. The van der Waals surface area contributed by atoms with Crippen molar-refractivity contribution < 1.29 is 40.7 Å². The number of ether oxygens (including phenoxy) is 1. The smallest absolute Gasteiger partial charge is 0.418 e. The van der Waals surface area contributed by atoms with Gasteiger partial charge >= 0.3 is 6.18 Å². The molecule has 0 bridgehead atoms. The van der Waals surface area contributed by atoms with E-state index >= 15 is 0 Å². The minimum absolute atomic E-state index is 0.0464. The molecule has 3 aromatic rings. The molecular formula is C24H22F6N6O3. The number of nitrogens with one attached hydrogen (secondary N) is 1. The van der Waals surface area contributed by atoms with E-state index in [1.165, 1.54) is 18.2 Å². The maximum Gasteiger partial charge on any atom is 0.418 e. The number of halogens is 6. The first kappa shape index (κ1) is 26.6. The lowest BCUT2D eigenvalue weighted by molar-refractivity contribution is -0.136. The molecule has 1 saturated carbocycles. The number of amides is 2. The van der Waals surface area contributed by atoms with Gasteiger partial charge < -0.3 is 20.7 Å². The van der Waals surface area contributed by atoms with Crippen LogP contribution in [0.1, 0.15) is 29.3 Å². The van der Waals surface area contributed by atoms with E-state index in [1.54, 1.807) is 6.92 Å². The first-order chi connectivity index (χ1) is 18.3. The van der Waals surface area contributed by atoms with Gasteiger partial charge in [-0.05, 0) is 31.2 Å². The Morgan fingerprint density at radius 1 is 1.23 bits per heavy atom. The van der Waals surface area contributed by atoms with Crippen LogP contribution in [-0.4, -0.2) is 69.1 Å². The van der Waals surface area contributed by atoms with E-state index in [-0.39, 0.29) is 35.7 Å². The molecule has 3 heterocycles. The van der Waals surface area contributed by atoms with E-state index in [0.717, 1.165) is 21.8 Å². The molecular weight excluding hydrogens is 534 g/mol. The number of anilines is 1. The lowest BCUT2D eigenvalue weighted by Crippen LogP contribution is -2.42. The maximum absolute atomic E-state index is 14.7. The molecule has 2 aromatic heterocycles. The highest BCUT2D eigenvalue weighted by molar-refractivity contribution is 5.98. The predicted molar refractivity (Wildman–Crippen MR) is 125 cm³/mol. The van der Waals surface area contributed by atoms with Gasteiger partial charge in [0, 0.05) is 18.5 Å². The summed E-state index contributed by atoms with van der Waals surface area (Å²) in [7, 11) is 0. The number of nitrogen functional groups attached to an aromatic ring is 1. The zero-order valence-electron chi connectivity index (χ0n) is 20.3. The molecule has 2 amide bonds. The van der Waals surface area contributed by atoms with Crippen molar-refractivity contribution in [3.63, 3.8) is 0 Å². The summed E-state index contributed by atoms with van der Waals surface area (Å²) in [6.45, 7) is 1.03. The lowest BCUT2D eigenvalue weighted by atomic mass is 10.1. The Balaban J connectivity index is 1.45. The largest absolute Gasteiger partial charge is 0.493 e. The number of aromatic nitrogens is 3. The molecule has 208 valence electrons. The van der Waals surface area contributed by atoms with Crippen molar-refractivity contribution >= 4 is 23.1 Å². The van der Waals surface area contributed by atoms with E-state index < -0.39 is 71.9 Å². The second kappa shape index (κ2) is 9.31. The third-order valence-corrected chi connectivity index (χ3v) is 6.71. The summed E-state index contributed by atoms with van der Waals surface area (Å²) in [5.74, 6) is -6.63. The third kappa shape index (κ3) is 4.81. The fourth-order valence-corrected chi connectivity index (χ4v) is 4.67. The van der Waals surface area contributed by atoms with Gasteiger partial charge in [0.05, 0.1) is 36.0 Å². The van der Waals surface area contributed by atoms with Crippen molar-refractivity contribution in [2.75, 3.05) is 25.4 Å². The molecule has 1 saturated heterocycles. The maximum atomic E-state index is 14.7. The van der Waals surface area contributed by atoms with E-state index in [9.17, 15) is 35.9 Å². The number of likely N-dealkylation sites (tertiary alicyclic amines) is 1. The highest BCUT2D eigenvalue weighted by atomic mass is 19.4. The topological polar surface area (TPSA) is 115 Å². The van der Waals surface area contributed by atoms with Crippen LogP contribution in [0, 0.1) is 5.92 Å². The zero-order valence-corrected chi connectivity index (χ0v) is 20.3. The van der Waals surface area contributed by atoms with Gasteiger partial charge in [-0.2, -0.15) is 18.3 Å². The van der Waals surface area contributed by atoms with Gasteiger partial charge in [0.15, 0.2) is 5.82 Å². The lowest BCUT2D eigenvalue weighted by Gasteiger charge is -2.18. The number of nitrogens with two attached hydrogens (primary N) is 1. The number of alkyl halides is 6. The average molecular weight is 556 g/mol. The van der Waals surface area contributed by atoms with Crippen LogP contribution in [0.4, 0.5) is 32.2 Å². The summed E-state index contributed by atoms with van der Waals surface area (Å²) >= 11 is 0. The summed E-state index contributed by atoms with van der Waals surface area (Å²) in [4.78, 5) is 30.1. The molecule has 1 aliphatic heterocycles. The summed E-state index contributed by atoms with van der Waals surface area (Å²) in [5.41, 5.74) is 4.14. The number of benzene rings is 1. The van der Waals surface area contributed by atoms with Crippen molar-refractivity contribution in [2.45, 2.75) is 37.7 Å². The van der Waals surface area contributed by atoms with Gasteiger partial charge in [-0.3, -0.25) is 9.59 Å². The third-order valence-electron chi connectivity index (χ3n) is 6.71. The van der Waals surface area contributed by atoms with Crippen molar-refractivity contribution in [1.29, 1.82) is 0 Å². The second-order valence-corrected chi connectivity index (χ2v) is 9.35. The minimum atomic E-state index is -4.78. The van der Waals surface area contributed by atoms with Crippen LogP contribution in [-0.2, 0) is 11.0 Å². The molecule has 1 unspecified atom stereocenters. The van der Waals surface area contributed by atoms with Gasteiger partial charge in [0.1, 0.15) is 29.7 Å². The summed E-state index contributed by atoms with van der Waals surface area (Å²) < 4.78 is 89.0. The highest BCUT2D eigenvalue weighted by Gasteiger charge is 2.63. The van der Waals surface area contributed by atoms with E-state index in [0.29, 0.717) is 0 Å². The van der Waals surface area contributed by atoms with Crippen LogP contribution in [0.25, 0.3) is 16.8 Å². The molecule has 0 spiro atoms. The average Bonchev–Trinajstić information content (AvgIpc) is 3.15. The molecule has 0 radical (unpaired) electrons. The Kier molecular flexibility index (Phi) is 6.34. The van der Waals surface area contributed by atoms with Crippen LogP contribution < -0.4 is 15.8 Å². The molecule has 2 aliphatic rings. The van der Waals surface area contributed by atoms with E-state index in [2.05, 4.69) is 15.4 Å². The van der Waals surface area contributed by atoms with Gasteiger partial charge in [-0.25, -0.2) is 22.7 Å². The van der Waals surface area contributed by atoms with E-state index in [1.807, 2.05) is 0 Å². The number of hydrogen-bond acceptors (Lipinski definition) is 6. The number of rotatable bonds is 6. The Morgan fingerprint density at radius 3 is 2.59 bits per heavy atom. The molecule has 3 atom stereocenters. The van der Waals surface area contributed by atoms with Gasteiger partial charge in [0.2, 0.25) is 5.91 Å². The monoisotopic (exact) mass is 556 g/mol. The fraction of sp³-hybridized carbons (Fsp3) is 0.417. The van der Waals surface area contributed by atoms with Gasteiger partial charge in [0.25, 0.3) is 11.8 Å². The molecule has 5 rings (SSSR count). The standard InChI is InChI=1S/C24H22F6N6O3/c1-2-39-18-4-3-11(17-6-13(24(28,29)30)19-20(31)32-10-33-36(17)19)5-12(18)21(37)34-16-9-35(8-15(16)25)22(38)14-7-23(14,26)27/h3-6,10,14-16H,2,7-9H2,1H3,(H,34,37)(H2,31,32,33)/t14?,15-,16+/m0/s1. The van der Waals surface area contributed by atoms with Crippen LogP contribution in [0.3, 0.4) is 0 Å². The number of carbonyl (C=O) groups is 2. The molecule has 1 aromatic carbocycles. The normalized spacial score (nSPS) is 22.2. The summed E-state index contributed by atoms with van der Waals surface area (Å²) in [5, 5.41) is 6.34. The van der Waals surface area contributed by atoms with Gasteiger partial charge in [-0.1, -0.05) is 0 Å². The number of carbonyl (C=O) groups excluding carboxylic acids is 2. The quantitative estimate of drug-likeness (QED) is 0.451. The molecule has 15 heteroatoms. The van der Waals surface area contributed by atoms with E-state index in [4.69, 9.17) is 10.5 Å². The predicted octanol–water partition coefficient (Wildman–Crippen LogP) is 3.33. The Morgan fingerprint density at radius 2 is 1.95 bits per heavy atom. The van der Waals surface area contributed by atoms with Crippen molar-refractivity contribution in [1.82, 2.24) is 24.8 Å². The Labute approximate surface area is 216 Å². The van der Waals surface area contributed by atoms with Gasteiger partial charge in [-0.15, -0.1) is 0 Å². The van der Waals surface area contributed by atoms with Crippen molar-refractivity contribution in [3.05, 3.63) is 41.7 Å². The van der Waals surface area contributed by atoms with Crippen LogP contribution in [0.15, 0.2) is 30.6 Å². The fourth-order valence-electron chi connectivity index (χ4n) is 4.67.